The van der Waals surface area contributed by atoms with Crippen molar-refractivity contribution in [1.82, 2.24) is 9.97 Å². The van der Waals surface area contributed by atoms with Crippen LogP contribution in [0.25, 0.3) is 0 Å². The first kappa shape index (κ1) is 9.48. The zero-order chi connectivity index (χ0) is 8.97. The van der Waals surface area contributed by atoms with Gasteiger partial charge in [-0.25, -0.2) is 4.98 Å². The van der Waals surface area contributed by atoms with Crippen LogP contribution in [0.1, 0.15) is 13.8 Å². The number of aromatic nitrogens is 2. The Morgan fingerprint density at radius 3 is 2.67 bits per heavy atom. The molecular weight excluding hydrogens is 172 g/mol. The van der Waals surface area contributed by atoms with Crippen molar-refractivity contribution in [3.63, 3.8) is 0 Å². The van der Waals surface area contributed by atoms with Gasteiger partial charge in [0.2, 0.25) is 0 Å². The fourth-order valence-corrected chi connectivity index (χ4v) is 1.46. The second-order valence-corrected chi connectivity index (χ2v) is 4.00. The molecule has 66 valence electrons. The molecule has 0 bridgehead atoms. The van der Waals surface area contributed by atoms with Gasteiger partial charge in [0.15, 0.2) is 0 Å². The second kappa shape index (κ2) is 4.42. The smallest absolute Gasteiger partial charge is 0.115 e. The minimum atomic E-state index is -0.322. The van der Waals surface area contributed by atoms with Gasteiger partial charge in [0.25, 0.3) is 0 Å². The summed E-state index contributed by atoms with van der Waals surface area (Å²) in [5.74, 6) is 0. The topological polar surface area (TPSA) is 46.0 Å². The largest absolute Gasteiger partial charge is 0.392 e. The van der Waals surface area contributed by atoms with E-state index in [4.69, 9.17) is 0 Å². The standard InChI is InChI=1S/C8H12N2OS/c1-6(11)7(2)12-8-5-9-3-4-10-8/h3-7,11H,1-2H3. The van der Waals surface area contributed by atoms with Crippen LogP contribution < -0.4 is 0 Å². The van der Waals surface area contributed by atoms with Crippen molar-refractivity contribution in [2.45, 2.75) is 30.2 Å². The van der Waals surface area contributed by atoms with E-state index in [1.165, 1.54) is 11.8 Å². The SMILES string of the molecule is CC(O)C(C)Sc1cnccn1. The predicted octanol–water partition coefficient (Wildman–Crippen LogP) is 1.34. The summed E-state index contributed by atoms with van der Waals surface area (Å²) < 4.78 is 0. The van der Waals surface area contributed by atoms with Crippen LogP contribution in [0.5, 0.6) is 0 Å². The van der Waals surface area contributed by atoms with Gasteiger partial charge in [0, 0.05) is 17.6 Å². The molecule has 2 unspecified atom stereocenters. The molecule has 0 amide bonds. The van der Waals surface area contributed by atoms with Crippen LogP contribution in [0.2, 0.25) is 0 Å². The van der Waals surface area contributed by atoms with E-state index in [1.807, 2.05) is 6.92 Å². The van der Waals surface area contributed by atoms with Gasteiger partial charge in [0.1, 0.15) is 5.03 Å². The molecule has 1 heterocycles. The minimum absolute atomic E-state index is 0.154. The summed E-state index contributed by atoms with van der Waals surface area (Å²) in [5.41, 5.74) is 0. The van der Waals surface area contributed by atoms with Crippen molar-refractivity contribution in [2.75, 3.05) is 0 Å². The molecule has 0 aliphatic carbocycles. The van der Waals surface area contributed by atoms with Crippen molar-refractivity contribution in [3.05, 3.63) is 18.6 Å². The Morgan fingerprint density at radius 2 is 2.17 bits per heavy atom. The lowest BCUT2D eigenvalue weighted by Gasteiger charge is -2.12. The van der Waals surface area contributed by atoms with Crippen molar-refractivity contribution in [2.24, 2.45) is 0 Å². The molecule has 0 saturated heterocycles. The average molecular weight is 184 g/mol. The van der Waals surface area contributed by atoms with Gasteiger partial charge in [-0.2, -0.15) is 0 Å². The van der Waals surface area contributed by atoms with E-state index in [-0.39, 0.29) is 11.4 Å². The molecule has 0 fully saturated rings. The van der Waals surface area contributed by atoms with E-state index in [0.29, 0.717) is 0 Å². The molecule has 3 nitrogen and oxygen atoms in total. The summed E-state index contributed by atoms with van der Waals surface area (Å²) in [7, 11) is 0. The minimum Gasteiger partial charge on any atom is -0.392 e. The maximum atomic E-state index is 9.21. The monoisotopic (exact) mass is 184 g/mol. The highest BCUT2D eigenvalue weighted by molar-refractivity contribution is 7.99. The van der Waals surface area contributed by atoms with E-state index in [0.717, 1.165) is 5.03 Å². The summed E-state index contributed by atoms with van der Waals surface area (Å²) in [6.45, 7) is 3.73. The Morgan fingerprint density at radius 1 is 1.42 bits per heavy atom. The third-order valence-electron chi connectivity index (χ3n) is 1.53. The number of thioether (sulfide) groups is 1. The van der Waals surface area contributed by atoms with Gasteiger partial charge in [0.05, 0.1) is 12.3 Å². The number of nitrogens with zero attached hydrogens (tertiary/aromatic N) is 2. The van der Waals surface area contributed by atoms with E-state index >= 15 is 0 Å². The quantitative estimate of drug-likeness (QED) is 0.720. The number of aliphatic hydroxyl groups is 1. The molecule has 1 aromatic rings. The maximum absolute atomic E-state index is 9.21. The Hall–Kier alpha value is -0.610. The first-order valence-corrected chi connectivity index (χ1v) is 4.69. The molecule has 1 N–H and O–H groups in total. The van der Waals surface area contributed by atoms with Crippen LogP contribution >= 0.6 is 11.8 Å². The lowest BCUT2D eigenvalue weighted by Crippen LogP contribution is -2.15. The van der Waals surface area contributed by atoms with Gasteiger partial charge >= 0.3 is 0 Å². The summed E-state index contributed by atoms with van der Waals surface area (Å²) in [4.78, 5) is 8.02. The van der Waals surface area contributed by atoms with Gasteiger partial charge < -0.3 is 5.11 Å². The molecule has 2 atom stereocenters. The lowest BCUT2D eigenvalue weighted by atomic mass is 10.3. The summed E-state index contributed by atoms with van der Waals surface area (Å²) >= 11 is 1.53. The van der Waals surface area contributed by atoms with Crippen molar-refractivity contribution < 1.29 is 5.11 Å². The van der Waals surface area contributed by atoms with Crippen LogP contribution in [-0.4, -0.2) is 26.4 Å². The third-order valence-corrected chi connectivity index (χ3v) is 2.74. The van der Waals surface area contributed by atoms with E-state index in [1.54, 1.807) is 25.5 Å². The molecule has 0 aliphatic heterocycles. The molecule has 1 aromatic heterocycles. The molecule has 0 aliphatic rings. The number of rotatable bonds is 3. The number of aliphatic hydroxyl groups excluding tert-OH is 1. The van der Waals surface area contributed by atoms with Gasteiger partial charge in [-0.15, -0.1) is 0 Å². The predicted molar refractivity (Wildman–Crippen MR) is 49.0 cm³/mol. The van der Waals surface area contributed by atoms with Crippen LogP contribution in [0.4, 0.5) is 0 Å². The normalized spacial score (nSPS) is 15.6. The first-order valence-electron chi connectivity index (χ1n) is 3.81. The highest BCUT2D eigenvalue weighted by atomic mass is 32.2. The molecular formula is C8H12N2OS. The third kappa shape index (κ3) is 2.79. The first-order chi connectivity index (χ1) is 5.70. The van der Waals surface area contributed by atoms with Crippen LogP contribution in [0, 0.1) is 0 Å². The van der Waals surface area contributed by atoms with Gasteiger partial charge in [-0.1, -0.05) is 18.7 Å². The summed E-state index contributed by atoms with van der Waals surface area (Å²) in [6.07, 6.45) is 4.66. The Kier molecular flexibility index (Phi) is 3.49. The van der Waals surface area contributed by atoms with Crippen molar-refractivity contribution >= 4 is 11.8 Å². The Labute approximate surface area is 76.2 Å². The van der Waals surface area contributed by atoms with Crippen LogP contribution in [0.3, 0.4) is 0 Å². The fraction of sp³-hybridized carbons (Fsp3) is 0.500. The Bertz CT molecular complexity index is 228. The molecule has 0 radical (unpaired) electrons. The Balaban J connectivity index is 2.53. The zero-order valence-corrected chi connectivity index (χ0v) is 7.95. The molecule has 0 spiro atoms. The van der Waals surface area contributed by atoms with Crippen LogP contribution in [0.15, 0.2) is 23.6 Å². The van der Waals surface area contributed by atoms with Crippen molar-refractivity contribution in [3.8, 4) is 0 Å². The number of hydrogen-bond donors (Lipinski definition) is 1. The highest BCUT2D eigenvalue weighted by Gasteiger charge is 2.10. The molecule has 12 heavy (non-hydrogen) atoms. The number of hydrogen-bond acceptors (Lipinski definition) is 4. The molecule has 1 rings (SSSR count). The molecule has 0 aromatic carbocycles. The molecule has 0 saturated carbocycles. The summed E-state index contributed by atoms with van der Waals surface area (Å²) in [5, 5.41) is 10.2. The zero-order valence-electron chi connectivity index (χ0n) is 7.14. The van der Waals surface area contributed by atoms with Crippen molar-refractivity contribution in [1.29, 1.82) is 0 Å². The van der Waals surface area contributed by atoms with Gasteiger partial charge in [-0.05, 0) is 6.92 Å². The van der Waals surface area contributed by atoms with Gasteiger partial charge in [-0.3, -0.25) is 4.98 Å². The summed E-state index contributed by atoms with van der Waals surface area (Å²) in [6, 6.07) is 0. The highest BCUT2D eigenvalue weighted by Crippen LogP contribution is 2.21. The second-order valence-electron chi connectivity index (χ2n) is 2.61. The fourth-order valence-electron chi connectivity index (χ4n) is 0.635. The molecule has 4 heteroatoms. The lowest BCUT2D eigenvalue weighted by molar-refractivity contribution is 0.196. The van der Waals surface area contributed by atoms with E-state index in [9.17, 15) is 5.11 Å². The van der Waals surface area contributed by atoms with Crippen LogP contribution in [-0.2, 0) is 0 Å². The van der Waals surface area contributed by atoms with E-state index in [2.05, 4.69) is 9.97 Å². The van der Waals surface area contributed by atoms with E-state index < -0.39 is 0 Å². The average Bonchev–Trinajstić information content (AvgIpc) is 2.06. The maximum Gasteiger partial charge on any atom is 0.115 e.